The summed E-state index contributed by atoms with van der Waals surface area (Å²) in [6.45, 7) is 5.48. The molecular formula is C23H31FN6O. The van der Waals surface area contributed by atoms with E-state index < -0.39 is 0 Å². The van der Waals surface area contributed by atoms with E-state index >= 15 is 0 Å². The number of nitrogens with two attached hydrogens (primary N) is 1. The van der Waals surface area contributed by atoms with Crippen molar-refractivity contribution < 1.29 is 9.18 Å². The lowest BCUT2D eigenvalue weighted by molar-refractivity contribution is -0.122. The summed E-state index contributed by atoms with van der Waals surface area (Å²) in [5.74, 6) is 1.15. The molecule has 1 aromatic heterocycles. The Morgan fingerprint density at radius 3 is 2.65 bits per heavy atom. The molecule has 1 aliphatic rings. The maximum absolute atomic E-state index is 13.0. The third-order valence-electron chi connectivity index (χ3n) is 5.44. The number of hydrogen-bond donors (Lipinski definition) is 3. The molecule has 7 nitrogen and oxygen atoms in total. The van der Waals surface area contributed by atoms with Crippen LogP contribution in [0.15, 0.2) is 47.6 Å². The topological polar surface area (TPSA) is 95.6 Å². The number of piperidine rings is 1. The number of carbonyl (C=O) groups excluding carboxylic acids is 1. The number of rotatable bonds is 8. The molecule has 1 saturated heterocycles. The average molecular weight is 427 g/mol. The standard InChI is InChI=1S/C23H31FN6O/c1-2-26-23(28-13-9-17-5-7-20(24)8-6-17)29-16-19-4-3-12-27-22(19)30-14-10-18(11-15-30)21(25)31/h3-8,12,18H,2,9-11,13-16H2,1H3,(H2,25,31)(H2,26,28,29). The van der Waals surface area contributed by atoms with Gasteiger partial charge in [-0.2, -0.15) is 0 Å². The monoisotopic (exact) mass is 426 g/mol. The van der Waals surface area contributed by atoms with Gasteiger partial charge in [0, 0.05) is 43.9 Å². The zero-order valence-corrected chi connectivity index (χ0v) is 18.0. The summed E-state index contributed by atoms with van der Waals surface area (Å²) >= 11 is 0. The van der Waals surface area contributed by atoms with Crippen molar-refractivity contribution >= 4 is 17.7 Å². The van der Waals surface area contributed by atoms with Crippen LogP contribution in [-0.2, 0) is 17.8 Å². The maximum Gasteiger partial charge on any atom is 0.220 e. The molecule has 0 unspecified atom stereocenters. The van der Waals surface area contributed by atoms with E-state index in [1.165, 1.54) is 12.1 Å². The van der Waals surface area contributed by atoms with Crippen LogP contribution in [0.2, 0.25) is 0 Å². The van der Waals surface area contributed by atoms with Gasteiger partial charge in [-0.05, 0) is 49.9 Å². The van der Waals surface area contributed by atoms with E-state index in [1.54, 1.807) is 18.3 Å². The van der Waals surface area contributed by atoms with Crippen LogP contribution in [0.3, 0.4) is 0 Å². The first kappa shape index (κ1) is 22.5. The van der Waals surface area contributed by atoms with Gasteiger partial charge in [0.25, 0.3) is 0 Å². The van der Waals surface area contributed by atoms with Gasteiger partial charge in [0.1, 0.15) is 11.6 Å². The van der Waals surface area contributed by atoms with Gasteiger partial charge in [0.05, 0.1) is 6.54 Å². The summed E-state index contributed by atoms with van der Waals surface area (Å²) in [7, 11) is 0. The predicted octanol–water partition coefficient (Wildman–Crippen LogP) is 2.22. The molecule has 1 fully saturated rings. The second-order valence-corrected chi connectivity index (χ2v) is 7.65. The first-order valence-corrected chi connectivity index (χ1v) is 10.8. The molecule has 1 amide bonds. The van der Waals surface area contributed by atoms with Crippen molar-refractivity contribution in [3.05, 3.63) is 59.5 Å². The number of primary amides is 1. The number of halogens is 1. The van der Waals surface area contributed by atoms with Crippen molar-refractivity contribution in [1.29, 1.82) is 0 Å². The van der Waals surface area contributed by atoms with Crippen LogP contribution in [-0.4, -0.2) is 43.0 Å². The Kier molecular flexibility index (Phi) is 8.20. The highest BCUT2D eigenvalue weighted by molar-refractivity contribution is 5.80. The second kappa shape index (κ2) is 11.3. The quantitative estimate of drug-likeness (QED) is 0.444. The Labute approximate surface area is 183 Å². The van der Waals surface area contributed by atoms with Crippen LogP contribution in [0.4, 0.5) is 10.2 Å². The van der Waals surface area contributed by atoms with E-state index in [4.69, 9.17) is 10.7 Å². The Morgan fingerprint density at radius 1 is 1.23 bits per heavy atom. The van der Waals surface area contributed by atoms with E-state index in [2.05, 4.69) is 20.5 Å². The first-order chi connectivity index (χ1) is 15.1. The van der Waals surface area contributed by atoms with Gasteiger partial charge in [-0.15, -0.1) is 0 Å². The van der Waals surface area contributed by atoms with Crippen LogP contribution < -0.4 is 21.3 Å². The fraction of sp³-hybridized carbons (Fsp3) is 0.435. The highest BCUT2D eigenvalue weighted by Crippen LogP contribution is 2.24. The Bertz CT molecular complexity index is 878. The summed E-state index contributed by atoms with van der Waals surface area (Å²) in [5, 5.41) is 6.59. The number of anilines is 1. The molecule has 31 heavy (non-hydrogen) atoms. The molecule has 2 heterocycles. The molecule has 0 bridgehead atoms. The normalized spacial score (nSPS) is 15.0. The van der Waals surface area contributed by atoms with Crippen molar-refractivity contribution in [2.24, 2.45) is 16.6 Å². The van der Waals surface area contributed by atoms with Crippen molar-refractivity contribution in [2.75, 3.05) is 31.1 Å². The fourth-order valence-corrected chi connectivity index (χ4v) is 3.70. The maximum atomic E-state index is 13.0. The average Bonchev–Trinajstić information content (AvgIpc) is 2.79. The number of guanidine groups is 1. The smallest absolute Gasteiger partial charge is 0.220 e. The van der Waals surface area contributed by atoms with Crippen LogP contribution >= 0.6 is 0 Å². The zero-order chi connectivity index (χ0) is 22.1. The molecule has 1 aliphatic heterocycles. The van der Waals surface area contributed by atoms with Gasteiger partial charge < -0.3 is 21.3 Å². The van der Waals surface area contributed by atoms with E-state index in [0.29, 0.717) is 13.1 Å². The molecule has 2 aromatic rings. The third-order valence-corrected chi connectivity index (χ3v) is 5.44. The number of aliphatic imine (C=N–C) groups is 1. The summed E-state index contributed by atoms with van der Waals surface area (Å²) in [5.41, 5.74) is 7.56. The summed E-state index contributed by atoms with van der Waals surface area (Å²) in [4.78, 5) is 22.9. The Morgan fingerprint density at radius 2 is 1.97 bits per heavy atom. The van der Waals surface area contributed by atoms with Crippen molar-refractivity contribution in [1.82, 2.24) is 15.6 Å². The molecule has 0 spiro atoms. The van der Waals surface area contributed by atoms with Gasteiger partial charge in [-0.25, -0.2) is 14.4 Å². The van der Waals surface area contributed by atoms with Crippen molar-refractivity contribution in [3.63, 3.8) is 0 Å². The number of amides is 1. The SMILES string of the molecule is CCNC(=NCc1cccnc1N1CCC(C(N)=O)CC1)NCCc1ccc(F)cc1. The number of nitrogens with zero attached hydrogens (tertiary/aromatic N) is 3. The van der Waals surface area contributed by atoms with Gasteiger partial charge in [-0.3, -0.25) is 4.79 Å². The van der Waals surface area contributed by atoms with E-state index in [-0.39, 0.29) is 17.6 Å². The van der Waals surface area contributed by atoms with E-state index in [9.17, 15) is 9.18 Å². The first-order valence-electron chi connectivity index (χ1n) is 10.8. The third kappa shape index (κ3) is 6.67. The molecular weight excluding hydrogens is 395 g/mol. The zero-order valence-electron chi connectivity index (χ0n) is 18.0. The lowest BCUT2D eigenvalue weighted by Gasteiger charge is -2.32. The number of carbonyl (C=O) groups is 1. The van der Waals surface area contributed by atoms with E-state index in [0.717, 1.165) is 61.8 Å². The number of benzene rings is 1. The fourth-order valence-electron chi connectivity index (χ4n) is 3.70. The molecule has 4 N–H and O–H groups in total. The Balaban J connectivity index is 1.60. The largest absolute Gasteiger partial charge is 0.369 e. The van der Waals surface area contributed by atoms with E-state index in [1.807, 2.05) is 19.1 Å². The minimum atomic E-state index is -0.224. The second-order valence-electron chi connectivity index (χ2n) is 7.65. The van der Waals surface area contributed by atoms with Crippen LogP contribution in [0.25, 0.3) is 0 Å². The minimum Gasteiger partial charge on any atom is -0.369 e. The summed E-state index contributed by atoms with van der Waals surface area (Å²) < 4.78 is 13.0. The lowest BCUT2D eigenvalue weighted by Crippen LogP contribution is -2.39. The molecule has 0 radical (unpaired) electrons. The molecule has 0 saturated carbocycles. The summed E-state index contributed by atoms with van der Waals surface area (Å²) in [6.07, 6.45) is 4.07. The highest BCUT2D eigenvalue weighted by Gasteiger charge is 2.24. The van der Waals surface area contributed by atoms with Crippen molar-refractivity contribution in [3.8, 4) is 0 Å². The number of pyridine rings is 1. The van der Waals surface area contributed by atoms with Gasteiger partial charge in [-0.1, -0.05) is 18.2 Å². The van der Waals surface area contributed by atoms with Gasteiger partial charge in [0.2, 0.25) is 5.91 Å². The van der Waals surface area contributed by atoms with Crippen LogP contribution in [0.5, 0.6) is 0 Å². The number of aromatic nitrogens is 1. The summed E-state index contributed by atoms with van der Waals surface area (Å²) in [6, 6.07) is 10.5. The molecule has 0 atom stereocenters. The molecule has 8 heteroatoms. The van der Waals surface area contributed by atoms with Crippen LogP contribution in [0.1, 0.15) is 30.9 Å². The van der Waals surface area contributed by atoms with Gasteiger partial charge >= 0.3 is 0 Å². The van der Waals surface area contributed by atoms with Crippen LogP contribution in [0, 0.1) is 11.7 Å². The number of nitrogens with one attached hydrogen (secondary N) is 2. The highest BCUT2D eigenvalue weighted by atomic mass is 19.1. The Hall–Kier alpha value is -3.16. The van der Waals surface area contributed by atoms with Gasteiger partial charge in [0.15, 0.2) is 5.96 Å². The van der Waals surface area contributed by atoms with Crippen molar-refractivity contribution in [2.45, 2.75) is 32.7 Å². The molecule has 3 rings (SSSR count). The number of hydrogen-bond acceptors (Lipinski definition) is 4. The lowest BCUT2D eigenvalue weighted by atomic mass is 9.96. The minimum absolute atomic E-state index is 0.0490. The molecule has 1 aromatic carbocycles. The molecule has 0 aliphatic carbocycles. The predicted molar refractivity (Wildman–Crippen MR) is 121 cm³/mol. The molecule has 166 valence electrons.